The van der Waals surface area contributed by atoms with Gasteiger partial charge in [-0.2, -0.15) is 0 Å². The second-order valence-electron chi connectivity index (χ2n) is 6.60. The number of rotatable bonds is 4. The summed E-state index contributed by atoms with van der Waals surface area (Å²) in [7, 11) is 0. The third kappa shape index (κ3) is 4.47. The summed E-state index contributed by atoms with van der Waals surface area (Å²) in [4.78, 5) is 23.5. The molecular weight excluding hydrogens is 314 g/mol. The molecule has 2 aromatic rings. The number of urea groups is 1. The van der Waals surface area contributed by atoms with Gasteiger partial charge in [-0.1, -0.05) is 17.7 Å². The van der Waals surface area contributed by atoms with Gasteiger partial charge in [0.05, 0.1) is 6.54 Å². The number of anilines is 2. The molecule has 2 N–H and O–H groups in total. The standard InChI is InChI=1S/C19H25N5O/c1-13-6-7-16(14(2)10-13)22-19(25)20-12-17-21-15(3)11-18(23-17)24-8-4-5-9-24/h6-7,10-11H,4-5,8-9,12H2,1-3H3,(H2,20,22,25). The van der Waals surface area contributed by atoms with Gasteiger partial charge in [0.1, 0.15) is 11.6 Å². The molecule has 0 saturated carbocycles. The Morgan fingerprint density at radius 2 is 1.88 bits per heavy atom. The van der Waals surface area contributed by atoms with Crippen molar-refractivity contribution in [1.82, 2.24) is 15.3 Å². The van der Waals surface area contributed by atoms with Gasteiger partial charge in [0.15, 0.2) is 0 Å². The monoisotopic (exact) mass is 339 g/mol. The van der Waals surface area contributed by atoms with Crippen LogP contribution in [0.15, 0.2) is 24.3 Å². The molecule has 0 aliphatic carbocycles. The molecule has 1 aliphatic heterocycles. The molecule has 3 rings (SSSR count). The average Bonchev–Trinajstić information content (AvgIpc) is 3.10. The van der Waals surface area contributed by atoms with Crippen LogP contribution in [0.2, 0.25) is 0 Å². The number of benzene rings is 1. The van der Waals surface area contributed by atoms with Crippen molar-refractivity contribution >= 4 is 17.5 Å². The van der Waals surface area contributed by atoms with Gasteiger partial charge >= 0.3 is 6.03 Å². The third-order valence-electron chi connectivity index (χ3n) is 4.35. The molecule has 0 bridgehead atoms. The van der Waals surface area contributed by atoms with Crippen LogP contribution in [0.4, 0.5) is 16.3 Å². The van der Waals surface area contributed by atoms with E-state index in [1.54, 1.807) is 0 Å². The zero-order chi connectivity index (χ0) is 17.8. The van der Waals surface area contributed by atoms with Gasteiger partial charge in [-0.15, -0.1) is 0 Å². The number of amides is 2. The minimum absolute atomic E-state index is 0.250. The SMILES string of the molecule is Cc1ccc(NC(=O)NCc2nc(C)cc(N3CCCC3)n2)c(C)c1. The van der Waals surface area contributed by atoms with Crippen LogP contribution in [0, 0.1) is 20.8 Å². The molecule has 1 aromatic heterocycles. The molecule has 0 radical (unpaired) electrons. The van der Waals surface area contributed by atoms with Gasteiger partial charge in [-0.25, -0.2) is 14.8 Å². The van der Waals surface area contributed by atoms with Crippen molar-refractivity contribution in [1.29, 1.82) is 0 Å². The van der Waals surface area contributed by atoms with Crippen molar-refractivity contribution in [3.63, 3.8) is 0 Å². The molecule has 2 heterocycles. The molecule has 6 nitrogen and oxygen atoms in total. The molecule has 132 valence electrons. The molecule has 6 heteroatoms. The van der Waals surface area contributed by atoms with E-state index in [1.165, 1.54) is 18.4 Å². The van der Waals surface area contributed by atoms with Crippen molar-refractivity contribution in [2.75, 3.05) is 23.3 Å². The third-order valence-corrected chi connectivity index (χ3v) is 4.35. The van der Waals surface area contributed by atoms with E-state index in [0.29, 0.717) is 12.4 Å². The molecule has 0 atom stereocenters. The maximum absolute atomic E-state index is 12.2. The summed E-state index contributed by atoms with van der Waals surface area (Å²) in [5, 5.41) is 5.72. The smallest absolute Gasteiger partial charge is 0.319 e. The Hall–Kier alpha value is -2.63. The summed E-state index contributed by atoms with van der Waals surface area (Å²) in [6.45, 7) is 8.35. The Morgan fingerprint density at radius 1 is 1.12 bits per heavy atom. The number of carbonyl (C=O) groups excluding carboxylic acids is 1. The first-order valence-electron chi connectivity index (χ1n) is 8.73. The van der Waals surface area contributed by atoms with Crippen LogP contribution in [0.3, 0.4) is 0 Å². The largest absolute Gasteiger partial charge is 0.357 e. The number of hydrogen-bond acceptors (Lipinski definition) is 4. The highest BCUT2D eigenvalue weighted by Crippen LogP contribution is 2.19. The summed E-state index contributed by atoms with van der Waals surface area (Å²) in [5.74, 6) is 1.59. The fourth-order valence-corrected chi connectivity index (χ4v) is 3.08. The lowest BCUT2D eigenvalue weighted by Crippen LogP contribution is -2.29. The number of hydrogen-bond donors (Lipinski definition) is 2. The highest BCUT2D eigenvalue weighted by Gasteiger charge is 2.15. The van der Waals surface area contributed by atoms with E-state index >= 15 is 0 Å². The zero-order valence-corrected chi connectivity index (χ0v) is 15.1. The van der Waals surface area contributed by atoms with Crippen molar-refractivity contribution in [2.24, 2.45) is 0 Å². The van der Waals surface area contributed by atoms with Gasteiger partial charge < -0.3 is 15.5 Å². The lowest BCUT2D eigenvalue weighted by Gasteiger charge is -2.17. The predicted octanol–water partition coefficient (Wildman–Crippen LogP) is 3.32. The van der Waals surface area contributed by atoms with Crippen LogP contribution in [-0.4, -0.2) is 29.1 Å². The quantitative estimate of drug-likeness (QED) is 0.896. The van der Waals surface area contributed by atoms with Crippen LogP contribution >= 0.6 is 0 Å². The van der Waals surface area contributed by atoms with Crippen molar-refractivity contribution in [3.8, 4) is 0 Å². The van der Waals surface area contributed by atoms with Gasteiger partial charge in [-0.3, -0.25) is 0 Å². The summed E-state index contributed by atoms with van der Waals surface area (Å²) in [5.41, 5.74) is 3.94. The van der Waals surface area contributed by atoms with Gasteiger partial charge in [-0.05, 0) is 45.2 Å². The summed E-state index contributed by atoms with van der Waals surface area (Å²) in [6.07, 6.45) is 2.41. The number of nitrogens with zero attached hydrogens (tertiary/aromatic N) is 3. The van der Waals surface area contributed by atoms with Crippen molar-refractivity contribution in [2.45, 2.75) is 40.2 Å². The summed E-state index contributed by atoms with van der Waals surface area (Å²) in [6, 6.07) is 7.69. The maximum atomic E-state index is 12.2. The van der Waals surface area contributed by atoms with Crippen molar-refractivity contribution in [3.05, 3.63) is 46.9 Å². The lowest BCUT2D eigenvalue weighted by molar-refractivity contribution is 0.251. The fourth-order valence-electron chi connectivity index (χ4n) is 3.08. The Balaban J connectivity index is 1.61. The van der Waals surface area contributed by atoms with Crippen LogP contribution in [-0.2, 0) is 6.54 Å². The lowest BCUT2D eigenvalue weighted by atomic mass is 10.1. The topological polar surface area (TPSA) is 70.2 Å². The van der Waals surface area contributed by atoms with Crippen molar-refractivity contribution < 1.29 is 4.79 Å². The van der Waals surface area contributed by atoms with E-state index < -0.39 is 0 Å². The molecule has 1 saturated heterocycles. The maximum Gasteiger partial charge on any atom is 0.319 e. The average molecular weight is 339 g/mol. The van der Waals surface area contributed by atoms with Crippen LogP contribution in [0.25, 0.3) is 0 Å². The second kappa shape index (κ2) is 7.51. The fraction of sp³-hybridized carbons (Fsp3) is 0.421. The second-order valence-corrected chi connectivity index (χ2v) is 6.60. The van der Waals surface area contributed by atoms with E-state index in [2.05, 4.69) is 25.5 Å². The van der Waals surface area contributed by atoms with Gasteiger partial charge in [0, 0.05) is 30.5 Å². The molecule has 0 unspecified atom stereocenters. The Kier molecular flexibility index (Phi) is 5.16. The normalized spacial score (nSPS) is 13.8. The molecule has 25 heavy (non-hydrogen) atoms. The van der Waals surface area contributed by atoms with E-state index in [0.717, 1.165) is 35.9 Å². The minimum atomic E-state index is -0.250. The minimum Gasteiger partial charge on any atom is -0.357 e. The van der Waals surface area contributed by atoms with Crippen LogP contribution in [0.1, 0.15) is 35.5 Å². The molecule has 1 aliphatic rings. The summed E-state index contributed by atoms with van der Waals surface area (Å²) < 4.78 is 0. The number of aryl methyl sites for hydroxylation is 3. The first kappa shape index (κ1) is 17.2. The van der Waals surface area contributed by atoms with Crippen LogP contribution < -0.4 is 15.5 Å². The van der Waals surface area contributed by atoms with Gasteiger partial charge in [0.25, 0.3) is 0 Å². The predicted molar refractivity (Wildman–Crippen MR) is 100.0 cm³/mol. The molecular formula is C19H25N5O. The molecule has 1 fully saturated rings. The first-order valence-corrected chi connectivity index (χ1v) is 8.73. The highest BCUT2D eigenvalue weighted by molar-refractivity contribution is 5.90. The van der Waals surface area contributed by atoms with E-state index in [1.807, 2.05) is 45.0 Å². The molecule has 0 spiro atoms. The number of carbonyl (C=O) groups is 1. The Bertz CT molecular complexity index is 768. The highest BCUT2D eigenvalue weighted by atomic mass is 16.2. The van der Waals surface area contributed by atoms with Gasteiger partial charge in [0.2, 0.25) is 0 Å². The summed E-state index contributed by atoms with van der Waals surface area (Å²) >= 11 is 0. The Morgan fingerprint density at radius 3 is 2.60 bits per heavy atom. The molecule has 2 amide bonds. The Labute approximate surface area is 148 Å². The number of aromatic nitrogens is 2. The zero-order valence-electron chi connectivity index (χ0n) is 15.1. The van der Waals surface area contributed by atoms with E-state index in [4.69, 9.17) is 0 Å². The van der Waals surface area contributed by atoms with E-state index in [9.17, 15) is 4.79 Å². The molecule has 1 aromatic carbocycles. The number of nitrogens with one attached hydrogen (secondary N) is 2. The van der Waals surface area contributed by atoms with E-state index in [-0.39, 0.29) is 6.03 Å². The first-order chi connectivity index (χ1) is 12.0. The van der Waals surface area contributed by atoms with Crippen LogP contribution in [0.5, 0.6) is 0 Å².